The molecule has 2 heterocycles. The third-order valence-corrected chi connectivity index (χ3v) is 2.50. The van der Waals surface area contributed by atoms with Gasteiger partial charge in [-0.1, -0.05) is 12.6 Å². The van der Waals surface area contributed by atoms with E-state index in [4.69, 9.17) is 0 Å². The van der Waals surface area contributed by atoms with Crippen molar-refractivity contribution in [3.05, 3.63) is 48.3 Å². The summed E-state index contributed by atoms with van der Waals surface area (Å²) in [7, 11) is 0. The number of nitrogens with zero attached hydrogens (tertiary/aromatic N) is 1. The van der Waals surface area contributed by atoms with Crippen molar-refractivity contribution in [1.29, 1.82) is 0 Å². The molecule has 0 unspecified atom stereocenters. The molecule has 1 aliphatic heterocycles. The van der Waals surface area contributed by atoms with Crippen LogP contribution in [0.3, 0.4) is 0 Å². The number of pyridine rings is 1. The van der Waals surface area contributed by atoms with E-state index >= 15 is 0 Å². The number of amides is 2. The summed E-state index contributed by atoms with van der Waals surface area (Å²) in [5.74, 6) is -0.825. The Hall–Kier alpha value is -2.23. The highest BCUT2D eigenvalue weighted by atomic mass is 16.2. The predicted octanol–water partition coefficient (Wildman–Crippen LogP) is 0.418. The maximum absolute atomic E-state index is 11.7. The number of carbonyl (C=O) groups excluding carboxylic acids is 2. The fourth-order valence-corrected chi connectivity index (χ4v) is 1.58. The minimum absolute atomic E-state index is 0.325. The lowest BCUT2D eigenvalue weighted by atomic mass is 10.0. The van der Waals surface area contributed by atoms with Crippen molar-refractivity contribution in [3.63, 3.8) is 0 Å². The van der Waals surface area contributed by atoms with Gasteiger partial charge in [-0.25, -0.2) is 0 Å². The topological polar surface area (TPSA) is 50.1 Å². The van der Waals surface area contributed by atoms with E-state index in [-0.39, 0.29) is 0 Å². The lowest BCUT2D eigenvalue weighted by Gasteiger charge is -2.14. The highest BCUT2D eigenvalue weighted by Gasteiger charge is 2.32. The number of hydrogen-bond donors (Lipinski definition) is 1. The molecule has 2 rings (SSSR count). The fraction of sp³-hybridized carbons (Fsp3) is 0.0833. The number of aromatic nitrogens is 1. The van der Waals surface area contributed by atoms with Crippen molar-refractivity contribution in [2.24, 2.45) is 0 Å². The van der Waals surface area contributed by atoms with Crippen LogP contribution in [0.1, 0.15) is 6.92 Å². The molecule has 1 N–H and O–H groups in total. The SMILES string of the molecule is C=C1C(=O)NC(=O)C([n+]2ccccc2)=C1C. The minimum atomic E-state index is -0.428. The molecule has 16 heavy (non-hydrogen) atoms. The molecule has 0 radical (unpaired) electrons. The summed E-state index contributed by atoms with van der Waals surface area (Å²) < 4.78 is 1.67. The van der Waals surface area contributed by atoms with E-state index in [1.807, 2.05) is 18.2 Å². The molecule has 4 heteroatoms. The molecular weight excluding hydrogens is 204 g/mol. The molecule has 0 aliphatic carbocycles. The Labute approximate surface area is 92.9 Å². The minimum Gasteiger partial charge on any atom is -0.283 e. The Morgan fingerprint density at radius 3 is 2.38 bits per heavy atom. The number of nitrogens with one attached hydrogen (secondary N) is 1. The second-order valence-electron chi connectivity index (χ2n) is 3.52. The van der Waals surface area contributed by atoms with Crippen LogP contribution in [0.25, 0.3) is 5.70 Å². The highest BCUT2D eigenvalue weighted by Crippen LogP contribution is 2.17. The first-order valence-electron chi connectivity index (χ1n) is 4.84. The van der Waals surface area contributed by atoms with Gasteiger partial charge in [-0.15, -0.1) is 0 Å². The van der Waals surface area contributed by atoms with Crippen LogP contribution in [-0.4, -0.2) is 11.8 Å². The molecule has 0 saturated carbocycles. The van der Waals surface area contributed by atoms with Gasteiger partial charge in [0.2, 0.25) is 0 Å². The molecule has 0 aromatic carbocycles. The maximum Gasteiger partial charge on any atom is 0.323 e. The number of rotatable bonds is 1. The van der Waals surface area contributed by atoms with Gasteiger partial charge >= 0.3 is 5.91 Å². The van der Waals surface area contributed by atoms with E-state index in [2.05, 4.69) is 11.9 Å². The number of imide groups is 1. The molecule has 0 spiro atoms. The van der Waals surface area contributed by atoms with Crippen molar-refractivity contribution in [2.75, 3.05) is 0 Å². The summed E-state index contributed by atoms with van der Waals surface area (Å²) >= 11 is 0. The van der Waals surface area contributed by atoms with Crippen LogP contribution < -0.4 is 9.88 Å². The summed E-state index contributed by atoms with van der Waals surface area (Å²) in [5.41, 5.74) is 1.36. The molecule has 1 aromatic heterocycles. The summed E-state index contributed by atoms with van der Waals surface area (Å²) in [6.45, 7) is 5.37. The molecular formula is C12H11N2O2+. The normalized spacial score (nSPS) is 16.4. The molecule has 1 aliphatic rings. The van der Waals surface area contributed by atoms with Crippen LogP contribution in [0.4, 0.5) is 0 Å². The number of carbonyl (C=O) groups is 2. The maximum atomic E-state index is 11.7. The van der Waals surface area contributed by atoms with E-state index in [1.165, 1.54) is 0 Å². The van der Waals surface area contributed by atoms with Crippen LogP contribution in [0.5, 0.6) is 0 Å². The Balaban J connectivity index is 2.59. The zero-order chi connectivity index (χ0) is 11.7. The first kappa shape index (κ1) is 10.3. The zero-order valence-electron chi connectivity index (χ0n) is 8.86. The van der Waals surface area contributed by atoms with Gasteiger partial charge in [0, 0.05) is 23.3 Å². The largest absolute Gasteiger partial charge is 0.323 e. The van der Waals surface area contributed by atoms with Crippen LogP contribution in [-0.2, 0) is 9.59 Å². The third kappa shape index (κ3) is 1.54. The first-order chi connectivity index (χ1) is 7.61. The van der Waals surface area contributed by atoms with Crippen LogP contribution in [0.15, 0.2) is 48.3 Å². The van der Waals surface area contributed by atoms with E-state index in [9.17, 15) is 9.59 Å². The average Bonchev–Trinajstić information content (AvgIpc) is 2.28. The van der Waals surface area contributed by atoms with E-state index in [0.29, 0.717) is 16.8 Å². The van der Waals surface area contributed by atoms with Crippen molar-refractivity contribution in [3.8, 4) is 0 Å². The van der Waals surface area contributed by atoms with Crippen molar-refractivity contribution < 1.29 is 14.2 Å². The molecule has 0 fully saturated rings. The third-order valence-electron chi connectivity index (χ3n) is 2.50. The van der Waals surface area contributed by atoms with Crippen LogP contribution >= 0.6 is 0 Å². The predicted molar refractivity (Wildman–Crippen MR) is 57.8 cm³/mol. The molecule has 0 atom stereocenters. The van der Waals surface area contributed by atoms with Crippen molar-refractivity contribution >= 4 is 17.5 Å². The van der Waals surface area contributed by atoms with Gasteiger partial charge in [0.1, 0.15) is 0 Å². The monoisotopic (exact) mass is 215 g/mol. The second kappa shape index (κ2) is 3.73. The second-order valence-corrected chi connectivity index (χ2v) is 3.52. The lowest BCUT2D eigenvalue weighted by Crippen LogP contribution is -2.47. The lowest BCUT2D eigenvalue weighted by molar-refractivity contribution is -0.578. The summed E-state index contributed by atoms with van der Waals surface area (Å²) in [5, 5.41) is 2.25. The summed E-state index contributed by atoms with van der Waals surface area (Å²) in [6.07, 6.45) is 3.50. The number of hydrogen-bond acceptors (Lipinski definition) is 2. The Morgan fingerprint density at radius 1 is 1.12 bits per heavy atom. The fourth-order valence-electron chi connectivity index (χ4n) is 1.58. The highest BCUT2D eigenvalue weighted by molar-refractivity contribution is 6.25. The first-order valence-corrected chi connectivity index (χ1v) is 4.84. The van der Waals surface area contributed by atoms with Gasteiger partial charge < -0.3 is 0 Å². The Bertz CT molecular complexity index is 515. The quantitative estimate of drug-likeness (QED) is 0.419. The van der Waals surface area contributed by atoms with E-state index in [0.717, 1.165) is 0 Å². The Kier molecular flexibility index (Phi) is 2.40. The molecule has 0 saturated heterocycles. The zero-order valence-corrected chi connectivity index (χ0v) is 8.86. The Morgan fingerprint density at radius 2 is 1.75 bits per heavy atom. The summed E-state index contributed by atoms with van der Waals surface area (Å²) in [6, 6.07) is 5.48. The van der Waals surface area contributed by atoms with Crippen LogP contribution in [0, 0.1) is 0 Å². The standard InChI is InChI=1S/C12H10N2O2/c1-8-9(2)11(15)13-12(16)10(8)14-6-4-3-5-7-14/h3-7H,2H2,1H3/p+1. The molecule has 2 amide bonds. The molecule has 1 aromatic rings. The van der Waals surface area contributed by atoms with Crippen molar-refractivity contribution in [1.82, 2.24) is 5.32 Å². The van der Waals surface area contributed by atoms with Gasteiger partial charge in [0.25, 0.3) is 11.6 Å². The van der Waals surface area contributed by atoms with Crippen molar-refractivity contribution in [2.45, 2.75) is 6.92 Å². The van der Waals surface area contributed by atoms with Gasteiger partial charge in [0.15, 0.2) is 12.4 Å². The van der Waals surface area contributed by atoms with Gasteiger partial charge in [0.05, 0.1) is 0 Å². The molecule has 80 valence electrons. The van der Waals surface area contributed by atoms with Gasteiger partial charge in [-0.2, -0.15) is 4.57 Å². The van der Waals surface area contributed by atoms with Gasteiger partial charge in [-0.3, -0.25) is 14.9 Å². The molecule has 0 bridgehead atoms. The van der Waals surface area contributed by atoms with Crippen LogP contribution in [0.2, 0.25) is 0 Å². The molecule has 4 nitrogen and oxygen atoms in total. The van der Waals surface area contributed by atoms with E-state index < -0.39 is 11.8 Å². The summed E-state index contributed by atoms with van der Waals surface area (Å²) in [4.78, 5) is 23.0. The average molecular weight is 215 g/mol. The van der Waals surface area contributed by atoms with Gasteiger partial charge in [-0.05, 0) is 6.92 Å². The smallest absolute Gasteiger partial charge is 0.283 e. The van der Waals surface area contributed by atoms with E-state index in [1.54, 1.807) is 23.9 Å².